The van der Waals surface area contributed by atoms with Crippen LogP contribution < -0.4 is 5.73 Å². The zero-order chi connectivity index (χ0) is 17.0. The average Bonchev–Trinajstić information content (AvgIpc) is 3.23. The molecule has 1 unspecified atom stereocenters. The number of rotatable bonds is 7. The first-order valence-electron chi connectivity index (χ1n) is 8.88. The van der Waals surface area contributed by atoms with Crippen molar-refractivity contribution in [2.75, 3.05) is 19.6 Å². The van der Waals surface area contributed by atoms with Crippen molar-refractivity contribution in [1.82, 2.24) is 9.80 Å². The number of benzene rings is 1. The van der Waals surface area contributed by atoms with Gasteiger partial charge in [0.05, 0.1) is 0 Å². The van der Waals surface area contributed by atoms with Crippen molar-refractivity contribution in [3.8, 4) is 0 Å². The fourth-order valence-corrected chi connectivity index (χ4v) is 4.61. The van der Waals surface area contributed by atoms with E-state index in [1.54, 1.807) is 0 Å². The van der Waals surface area contributed by atoms with Crippen LogP contribution in [0.15, 0.2) is 47.8 Å². The lowest BCUT2D eigenvalue weighted by atomic mass is 9.94. The van der Waals surface area contributed by atoms with E-state index in [0.717, 1.165) is 39.1 Å². The van der Waals surface area contributed by atoms with Crippen LogP contribution in [0.5, 0.6) is 0 Å². The molecule has 130 valence electrons. The van der Waals surface area contributed by atoms with Gasteiger partial charge in [-0.2, -0.15) is 0 Å². The van der Waals surface area contributed by atoms with Crippen LogP contribution in [0.25, 0.3) is 0 Å². The van der Waals surface area contributed by atoms with Crippen molar-refractivity contribution in [3.05, 3.63) is 58.3 Å². The van der Waals surface area contributed by atoms with Crippen LogP contribution in [-0.4, -0.2) is 41.0 Å². The van der Waals surface area contributed by atoms with E-state index in [9.17, 15) is 0 Å². The van der Waals surface area contributed by atoms with Gasteiger partial charge < -0.3 is 5.73 Å². The standard InChI is InChI=1S/C20H29N3S/c1-17(2)23(14-19-9-6-12-24-19)20(15-21)10-11-22(16-20)13-18-7-4-3-5-8-18/h3-9,12,17H,10-11,13-16,21H2,1-2H3. The Morgan fingerprint density at radius 1 is 1.21 bits per heavy atom. The molecule has 1 saturated heterocycles. The molecule has 3 rings (SSSR count). The van der Waals surface area contributed by atoms with Crippen molar-refractivity contribution in [2.45, 2.75) is 44.9 Å². The summed E-state index contributed by atoms with van der Waals surface area (Å²) in [6.45, 7) is 9.53. The highest BCUT2D eigenvalue weighted by Gasteiger charge is 2.42. The summed E-state index contributed by atoms with van der Waals surface area (Å²) in [5.74, 6) is 0. The Kier molecular flexibility index (Phi) is 5.72. The maximum Gasteiger partial charge on any atom is 0.0477 e. The molecule has 1 aliphatic heterocycles. The van der Waals surface area contributed by atoms with Gasteiger partial charge in [-0.3, -0.25) is 9.80 Å². The lowest BCUT2D eigenvalue weighted by Crippen LogP contribution is -2.57. The summed E-state index contributed by atoms with van der Waals surface area (Å²) in [6.07, 6.45) is 1.15. The molecule has 0 bridgehead atoms. The predicted molar refractivity (Wildman–Crippen MR) is 103 cm³/mol. The van der Waals surface area contributed by atoms with Crippen molar-refractivity contribution in [3.63, 3.8) is 0 Å². The molecule has 0 amide bonds. The molecule has 1 aliphatic rings. The highest BCUT2D eigenvalue weighted by molar-refractivity contribution is 7.09. The van der Waals surface area contributed by atoms with Crippen molar-refractivity contribution >= 4 is 11.3 Å². The third-order valence-electron chi connectivity index (χ3n) is 5.18. The summed E-state index contributed by atoms with van der Waals surface area (Å²) in [6, 6.07) is 15.6. The van der Waals surface area contributed by atoms with Gasteiger partial charge in [-0.15, -0.1) is 11.3 Å². The van der Waals surface area contributed by atoms with Crippen LogP contribution in [0.4, 0.5) is 0 Å². The number of likely N-dealkylation sites (tertiary alicyclic amines) is 1. The molecule has 1 aromatic carbocycles. The van der Waals surface area contributed by atoms with Gasteiger partial charge in [0.2, 0.25) is 0 Å². The first-order chi connectivity index (χ1) is 11.6. The molecule has 0 aliphatic carbocycles. The molecular formula is C20H29N3S. The summed E-state index contributed by atoms with van der Waals surface area (Å²) in [7, 11) is 0. The monoisotopic (exact) mass is 343 g/mol. The SMILES string of the molecule is CC(C)N(Cc1cccs1)C1(CN)CCN(Cc2ccccc2)C1. The minimum atomic E-state index is 0.0902. The largest absolute Gasteiger partial charge is 0.329 e. The molecule has 3 nitrogen and oxygen atoms in total. The fourth-order valence-electron chi connectivity index (χ4n) is 3.90. The van der Waals surface area contributed by atoms with Gasteiger partial charge in [0, 0.05) is 49.2 Å². The Bertz CT molecular complexity index is 611. The number of hydrogen-bond donors (Lipinski definition) is 1. The molecule has 0 spiro atoms. The van der Waals surface area contributed by atoms with E-state index in [0.29, 0.717) is 6.04 Å². The molecule has 1 aromatic heterocycles. The summed E-state index contributed by atoms with van der Waals surface area (Å²) >= 11 is 1.84. The number of nitrogens with two attached hydrogens (primary N) is 1. The van der Waals surface area contributed by atoms with Crippen LogP contribution in [-0.2, 0) is 13.1 Å². The van der Waals surface area contributed by atoms with Crippen LogP contribution in [0.1, 0.15) is 30.7 Å². The zero-order valence-electron chi connectivity index (χ0n) is 14.8. The first-order valence-corrected chi connectivity index (χ1v) is 9.76. The van der Waals surface area contributed by atoms with E-state index in [4.69, 9.17) is 5.73 Å². The molecule has 4 heteroatoms. The quantitative estimate of drug-likeness (QED) is 0.834. The number of nitrogens with zero attached hydrogens (tertiary/aromatic N) is 2. The minimum absolute atomic E-state index is 0.0902. The van der Waals surface area contributed by atoms with Gasteiger partial charge in [0.1, 0.15) is 0 Å². The second kappa shape index (κ2) is 7.79. The van der Waals surface area contributed by atoms with E-state index >= 15 is 0 Å². The van der Waals surface area contributed by atoms with Gasteiger partial charge in [0.15, 0.2) is 0 Å². The number of thiophene rings is 1. The molecule has 2 heterocycles. The molecule has 1 atom stereocenters. The summed E-state index contributed by atoms with van der Waals surface area (Å²) in [5.41, 5.74) is 7.81. The van der Waals surface area contributed by atoms with Gasteiger partial charge in [-0.25, -0.2) is 0 Å². The topological polar surface area (TPSA) is 32.5 Å². The second-order valence-electron chi connectivity index (χ2n) is 7.18. The van der Waals surface area contributed by atoms with Gasteiger partial charge in [0.25, 0.3) is 0 Å². The Balaban J connectivity index is 1.73. The van der Waals surface area contributed by atoms with E-state index in [1.165, 1.54) is 10.4 Å². The number of hydrogen-bond acceptors (Lipinski definition) is 4. The fraction of sp³-hybridized carbons (Fsp3) is 0.500. The Labute approximate surface area is 150 Å². The lowest BCUT2D eigenvalue weighted by molar-refractivity contribution is 0.0588. The first kappa shape index (κ1) is 17.6. The van der Waals surface area contributed by atoms with Crippen LogP contribution >= 0.6 is 11.3 Å². The minimum Gasteiger partial charge on any atom is -0.329 e. The summed E-state index contributed by atoms with van der Waals surface area (Å²) in [5, 5.41) is 2.17. The van der Waals surface area contributed by atoms with Crippen LogP contribution in [0, 0.1) is 0 Å². The third kappa shape index (κ3) is 3.89. The van der Waals surface area contributed by atoms with E-state index in [2.05, 4.69) is 71.5 Å². The van der Waals surface area contributed by atoms with Gasteiger partial charge in [-0.1, -0.05) is 36.4 Å². The average molecular weight is 344 g/mol. The summed E-state index contributed by atoms with van der Waals surface area (Å²) < 4.78 is 0. The summed E-state index contributed by atoms with van der Waals surface area (Å²) in [4.78, 5) is 6.62. The molecule has 1 fully saturated rings. The second-order valence-corrected chi connectivity index (χ2v) is 8.21. The van der Waals surface area contributed by atoms with Crippen molar-refractivity contribution in [1.29, 1.82) is 0 Å². The highest BCUT2D eigenvalue weighted by atomic mass is 32.1. The molecule has 0 saturated carbocycles. The van der Waals surface area contributed by atoms with Crippen LogP contribution in [0.2, 0.25) is 0 Å². The molecule has 0 radical (unpaired) electrons. The van der Waals surface area contributed by atoms with Crippen molar-refractivity contribution < 1.29 is 0 Å². The maximum absolute atomic E-state index is 6.33. The van der Waals surface area contributed by atoms with E-state index in [-0.39, 0.29) is 5.54 Å². The molecular weight excluding hydrogens is 314 g/mol. The normalized spacial score (nSPS) is 21.9. The van der Waals surface area contributed by atoms with Gasteiger partial charge in [-0.05, 0) is 37.3 Å². The third-order valence-corrected chi connectivity index (χ3v) is 6.04. The predicted octanol–water partition coefficient (Wildman–Crippen LogP) is 3.56. The van der Waals surface area contributed by atoms with E-state index < -0.39 is 0 Å². The maximum atomic E-state index is 6.33. The Morgan fingerprint density at radius 2 is 2.00 bits per heavy atom. The molecule has 2 aromatic rings. The van der Waals surface area contributed by atoms with E-state index in [1.807, 2.05) is 11.3 Å². The Hall–Kier alpha value is -1.20. The highest BCUT2D eigenvalue weighted by Crippen LogP contribution is 2.32. The Morgan fingerprint density at radius 3 is 2.62 bits per heavy atom. The zero-order valence-corrected chi connectivity index (χ0v) is 15.6. The molecule has 2 N–H and O–H groups in total. The van der Waals surface area contributed by atoms with Crippen molar-refractivity contribution in [2.24, 2.45) is 5.73 Å². The lowest BCUT2D eigenvalue weighted by Gasteiger charge is -2.43. The molecule has 24 heavy (non-hydrogen) atoms. The smallest absolute Gasteiger partial charge is 0.0477 e. The van der Waals surface area contributed by atoms with Gasteiger partial charge >= 0.3 is 0 Å². The van der Waals surface area contributed by atoms with Crippen LogP contribution in [0.3, 0.4) is 0 Å².